The van der Waals surface area contributed by atoms with Gasteiger partial charge in [0.15, 0.2) is 0 Å². The van der Waals surface area contributed by atoms with Gasteiger partial charge in [-0.25, -0.2) is 9.40 Å². The molecule has 0 unspecified atom stereocenters. The number of anilines is 2. The summed E-state index contributed by atoms with van der Waals surface area (Å²) in [5.74, 6) is -1.19. The zero-order valence-electron chi connectivity index (χ0n) is 13.3. The second-order valence-corrected chi connectivity index (χ2v) is 5.99. The van der Waals surface area contributed by atoms with Crippen molar-refractivity contribution in [1.29, 1.82) is 0 Å². The summed E-state index contributed by atoms with van der Waals surface area (Å²) in [7, 11) is 0. The number of rotatable bonds is 3. The van der Waals surface area contributed by atoms with Crippen LogP contribution in [0.25, 0.3) is 0 Å². The second-order valence-electron chi connectivity index (χ2n) is 5.58. The zero-order valence-corrected chi connectivity index (χ0v) is 14.1. The first-order valence-corrected chi connectivity index (χ1v) is 7.94. The smallest absolute Gasteiger partial charge is 0.273 e. The van der Waals surface area contributed by atoms with Crippen LogP contribution in [0.3, 0.4) is 0 Å². The standard InChI is InChI=1S/C18H15ClFN3O2/c1-11-3-2-4-13(9-11)23-17(24)8-7-16(22-23)18(25)21-12-5-6-15(20)14(19)10-12/h2-7,9-10,22H,8H2,1H3,(H,21,25). The van der Waals surface area contributed by atoms with Crippen molar-refractivity contribution in [2.24, 2.45) is 0 Å². The number of nitrogens with one attached hydrogen (secondary N) is 2. The van der Waals surface area contributed by atoms with Gasteiger partial charge in [0.2, 0.25) is 5.91 Å². The largest absolute Gasteiger partial charge is 0.321 e. The topological polar surface area (TPSA) is 61.4 Å². The van der Waals surface area contributed by atoms with Crippen LogP contribution in [0.15, 0.2) is 54.2 Å². The lowest BCUT2D eigenvalue weighted by molar-refractivity contribution is -0.119. The number of carbonyl (C=O) groups excluding carboxylic acids is 2. The Bertz CT molecular complexity index is 882. The minimum Gasteiger partial charge on any atom is -0.321 e. The van der Waals surface area contributed by atoms with E-state index in [9.17, 15) is 14.0 Å². The third-order valence-electron chi connectivity index (χ3n) is 3.64. The van der Waals surface area contributed by atoms with Crippen molar-refractivity contribution in [2.45, 2.75) is 13.3 Å². The molecule has 25 heavy (non-hydrogen) atoms. The molecule has 0 saturated heterocycles. The lowest BCUT2D eigenvalue weighted by Crippen LogP contribution is -2.47. The maximum atomic E-state index is 13.2. The highest BCUT2D eigenvalue weighted by Crippen LogP contribution is 2.21. The van der Waals surface area contributed by atoms with Gasteiger partial charge >= 0.3 is 0 Å². The highest BCUT2D eigenvalue weighted by Gasteiger charge is 2.24. The third-order valence-corrected chi connectivity index (χ3v) is 3.93. The van der Waals surface area contributed by atoms with Gasteiger partial charge in [-0.05, 0) is 48.9 Å². The Morgan fingerprint density at radius 3 is 2.80 bits per heavy atom. The summed E-state index contributed by atoms with van der Waals surface area (Å²) in [6.07, 6.45) is 1.60. The fourth-order valence-electron chi connectivity index (χ4n) is 2.40. The molecular formula is C18H15ClFN3O2. The minimum absolute atomic E-state index is 0.0834. The Morgan fingerprint density at radius 2 is 2.08 bits per heavy atom. The predicted octanol–water partition coefficient (Wildman–Crippen LogP) is 3.55. The first-order valence-electron chi connectivity index (χ1n) is 7.57. The number of carbonyl (C=O) groups is 2. The van der Waals surface area contributed by atoms with E-state index >= 15 is 0 Å². The van der Waals surface area contributed by atoms with Crippen LogP contribution in [0.4, 0.5) is 15.8 Å². The molecule has 1 aliphatic heterocycles. The van der Waals surface area contributed by atoms with Crippen molar-refractivity contribution < 1.29 is 14.0 Å². The summed E-state index contributed by atoms with van der Waals surface area (Å²) in [5.41, 5.74) is 5.04. The monoisotopic (exact) mass is 359 g/mol. The summed E-state index contributed by atoms with van der Waals surface area (Å²) >= 11 is 5.71. The van der Waals surface area contributed by atoms with Crippen molar-refractivity contribution in [3.05, 3.63) is 70.6 Å². The number of hydrogen-bond donors (Lipinski definition) is 2. The molecule has 2 aromatic rings. The summed E-state index contributed by atoms with van der Waals surface area (Å²) in [4.78, 5) is 24.5. The summed E-state index contributed by atoms with van der Waals surface area (Å²) in [5, 5.41) is 3.87. The molecule has 0 spiro atoms. The van der Waals surface area contributed by atoms with E-state index in [0.29, 0.717) is 11.4 Å². The normalized spacial score (nSPS) is 14.0. The lowest BCUT2D eigenvalue weighted by Gasteiger charge is -2.28. The molecule has 7 heteroatoms. The molecular weight excluding hydrogens is 345 g/mol. The van der Waals surface area contributed by atoms with Crippen molar-refractivity contribution >= 4 is 34.8 Å². The number of halogens is 2. The molecule has 2 aromatic carbocycles. The van der Waals surface area contributed by atoms with Crippen molar-refractivity contribution in [3.63, 3.8) is 0 Å². The van der Waals surface area contributed by atoms with E-state index in [1.165, 1.54) is 29.3 Å². The van der Waals surface area contributed by atoms with E-state index < -0.39 is 11.7 Å². The molecule has 2 N–H and O–H groups in total. The molecule has 1 aliphatic rings. The average Bonchev–Trinajstić information content (AvgIpc) is 2.58. The summed E-state index contributed by atoms with van der Waals surface area (Å²) in [6, 6.07) is 11.3. The second kappa shape index (κ2) is 6.94. The Labute approximate surface area is 149 Å². The SMILES string of the molecule is Cc1cccc(N2NC(C(=O)Nc3ccc(F)c(Cl)c3)=CCC2=O)c1. The first-order chi connectivity index (χ1) is 11.9. The van der Waals surface area contributed by atoms with Crippen LogP contribution in [0, 0.1) is 12.7 Å². The Hall–Kier alpha value is -2.86. The van der Waals surface area contributed by atoms with Crippen LogP contribution in [-0.2, 0) is 9.59 Å². The molecule has 0 radical (unpaired) electrons. The molecule has 0 fully saturated rings. The maximum Gasteiger partial charge on any atom is 0.273 e. The van der Waals surface area contributed by atoms with Gasteiger partial charge in [0.25, 0.3) is 5.91 Å². The minimum atomic E-state index is -0.564. The van der Waals surface area contributed by atoms with Crippen LogP contribution in [0.2, 0.25) is 5.02 Å². The quantitative estimate of drug-likeness (QED) is 0.881. The Balaban J connectivity index is 1.77. The van der Waals surface area contributed by atoms with Gasteiger partial charge in [-0.1, -0.05) is 23.7 Å². The highest BCUT2D eigenvalue weighted by molar-refractivity contribution is 6.31. The van der Waals surface area contributed by atoms with Crippen LogP contribution in [-0.4, -0.2) is 11.8 Å². The fraction of sp³-hybridized carbons (Fsp3) is 0.111. The van der Waals surface area contributed by atoms with Crippen LogP contribution < -0.4 is 15.8 Å². The van der Waals surface area contributed by atoms with Gasteiger partial charge in [-0.3, -0.25) is 15.0 Å². The number of aryl methyl sites for hydroxylation is 1. The van der Waals surface area contributed by atoms with Crippen LogP contribution in [0.1, 0.15) is 12.0 Å². The molecule has 128 valence electrons. The van der Waals surface area contributed by atoms with Gasteiger partial charge in [0.1, 0.15) is 11.5 Å². The van der Waals surface area contributed by atoms with E-state index in [1.807, 2.05) is 25.1 Å². The van der Waals surface area contributed by atoms with Crippen LogP contribution in [0.5, 0.6) is 0 Å². The first kappa shape index (κ1) is 17.0. The molecule has 0 saturated carbocycles. The van der Waals surface area contributed by atoms with Gasteiger partial charge in [-0.15, -0.1) is 0 Å². The third kappa shape index (κ3) is 3.80. The number of nitrogens with zero attached hydrogens (tertiary/aromatic N) is 1. The molecule has 2 amide bonds. The number of benzene rings is 2. The fourth-order valence-corrected chi connectivity index (χ4v) is 2.58. The van der Waals surface area contributed by atoms with Crippen molar-refractivity contribution in [1.82, 2.24) is 5.43 Å². The predicted molar refractivity (Wildman–Crippen MR) is 94.5 cm³/mol. The van der Waals surface area contributed by atoms with Gasteiger partial charge in [0.05, 0.1) is 10.7 Å². The molecule has 0 bridgehead atoms. The van der Waals surface area contributed by atoms with Crippen LogP contribution >= 0.6 is 11.6 Å². The van der Waals surface area contributed by atoms with E-state index in [1.54, 1.807) is 6.07 Å². The van der Waals surface area contributed by atoms with Gasteiger partial charge < -0.3 is 5.32 Å². The molecule has 5 nitrogen and oxygen atoms in total. The molecule has 3 rings (SSSR count). The van der Waals surface area contributed by atoms with Gasteiger partial charge in [0, 0.05) is 12.1 Å². The maximum absolute atomic E-state index is 13.2. The Morgan fingerprint density at radius 1 is 1.28 bits per heavy atom. The highest BCUT2D eigenvalue weighted by atomic mass is 35.5. The van der Waals surface area contributed by atoms with E-state index in [-0.39, 0.29) is 23.0 Å². The molecule has 0 atom stereocenters. The molecule has 0 aliphatic carbocycles. The van der Waals surface area contributed by atoms with E-state index in [4.69, 9.17) is 11.6 Å². The van der Waals surface area contributed by atoms with Crippen molar-refractivity contribution in [3.8, 4) is 0 Å². The summed E-state index contributed by atoms with van der Waals surface area (Å²) < 4.78 is 13.2. The van der Waals surface area contributed by atoms with Gasteiger partial charge in [-0.2, -0.15) is 0 Å². The number of hydrogen-bond acceptors (Lipinski definition) is 3. The van der Waals surface area contributed by atoms with E-state index in [2.05, 4.69) is 10.7 Å². The average molecular weight is 360 g/mol. The zero-order chi connectivity index (χ0) is 18.0. The number of hydrazine groups is 1. The molecule has 0 aromatic heterocycles. The molecule has 1 heterocycles. The summed E-state index contributed by atoms with van der Waals surface area (Å²) in [6.45, 7) is 1.92. The van der Waals surface area contributed by atoms with Crippen molar-refractivity contribution in [2.75, 3.05) is 10.3 Å². The lowest BCUT2D eigenvalue weighted by atomic mass is 10.2. The number of amides is 2. The Kier molecular flexibility index (Phi) is 4.72. The van der Waals surface area contributed by atoms with E-state index in [0.717, 1.165) is 5.56 Å².